The minimum Gasteiger partial charge on any atom is -0.360 e. The van der Waals surface area contributed by atoms with Crippen molar-refractivity contribution >= 4 is 23.3 Å². The Balaban J connectivity index is 1.59. The molecule has 2 aromatic rings. The number of amides is 1. The lowest BCUT2D eigenvalue weighted by atomic mass is 9.89. The average Bonchev–Trinajstić information content (AvgIpc) is 3.17. The van der Waals surface area contributed by atoms with Gasteiger partial charge in [0.25, 0.3) is 5.91 Å². The van der Waals surface area contributed by atoms with Gasteiger partial charge in [0.05, 0.1) is 11.1 Å². The normalized spacial score (nSPS) is 24.9. The number of nitrogens with one attached hydrogen (secondary N) is 1. The van der Waals surface area contributed by atoms with Gasteiger partial charge in [-0.1, -0.05) is 30.7 Å². The van der Waals surface area contributed by atoms with Crippen molar-refractivity contribution in [3.05, 3.63) is 58.2 Å². The number of anilines is 1. The average molecular weight is 356 g/mol. The summed E-state index contributed by atoms with van der Waals surface area (Å²) in [4.78, 5) is 19.2. The second-order valence-electron chi connectivity index (χ2n) is 7.52. The molecule has 1 N–H and O–H groups in total. The first-order valence-electron chi connectivity index (χ1n) is 8.77. The number of benzene rings is 1. The number of aromatic nitrogens is 1. The minimum atomic E-state index is -0.260. The lowest BCUT2D eigenvalue weighted by Crippen LogP contribution is -2.29. The molecule has 1 amide bonds. The molecule has 25 heavy (non-hydrogen) atoms. The van der Waals surface area contributed by atoms with E-state index in [9.17, 15) is 4.79 Å². The number of nitrogens with zero attached hydrogens (tertiary/aromatic N) is 2. The number of pyridine rings is 1. The highest BCUT2D eigenvalue weighted by atomic mass is 35.5. The van der Waals surface area contributed by atoms with Crippen molar-refractivity contribution in [2.75, 3.05) is 18.4 Å². The van der Waals surface area contributed by atoms with Gasteiger partial charge in [-0.05, 0) is 48.6 Å². The van der Waals surface area contributed by atoms with Gasteiger partial charge in [0.1, 0.15) is 5.82 Å². The minimum absolute atomic E-state index is 0.0935. The van der Waals surface area contributed by atoms with Gasteiger partial charge in [0.15, 0.2) is 0 Å². The number of carbonyl (C=O) groups excluding carboxylic acids is 1. The number of likely N-dealkylation sites (tertiary alicyclic amines) is 1. The Hall–Kier alpha value is -2.07. The smallest absolute Gasteiger partial charge is 0.255 e. The van der Waals surface area contributed by atoms with E-state index in [1.165, 1.54) is 0 Å². The highest BCUT2D eigenvalue weighted by Gasteiger charge is 2.35. The molecule has 0 unspecified atom stereocenters. The van der Waals surface area contributed by atoms with Gasteiger partial charge in [-0.15, -0.1) is 0 Å². The van der Waals surface area contributed by atoms with E-state index in [4.69, 9.17) is 11.6 Å². The number of fused-ring (bicyclic) bond motifs is 1. The number of carbonyl (C=O) groups is 1. The summed E-state index contributed by atoms with van der Waals surface area (Å²) < 4.78 is 0. The lowest BCUT2D eigenvalue weighted by Gasteiger charge is -2.25. The zero-order valence-corrected chi connectivity index (χ0v) is 15.3. The zero-order valence-electron chi connectivity index (χ0n) is 14.6. The number of rotatable bonds is 2. The standard InChI is InChI=1S/C20H22ClN3O/c1-13-6-7-24(12-13)19(25)15-8-14-10-20(2,23-18(14)22-11-15)16-4-3-5-17(21)9-16/h3-5,8-9,11,13H,6-7,10,12H2,1-2H3,(H,22,23)/t13-,20+/m0/s1. The number of hydrogen-bond donors (Lipinski definition) is 1. The van der Waals surface area contributed by atoms with E-state index in [1.54, 1.807) is 6.20 Å². The van der Waals surface area contributed by atoms with Gasteiger partial charge in [-0.3, -0.25) is 4.79 Å². The molecule has 0 spiro atoms. The van der Waals surface area contributed by atoms with Crippen molar-refractivity contribution in [3.8, 4) is 0 Å². The molecule has 0 bridgehead atoms. The van der Waals surface area contributed by atoms with E-state index in [-0.39, 0.29) is 11.4 Å². The fourth-order valence-corrected chi connectivity index (χ4v) is 4.06. The summed E-state index contributed by atoms with van der Waals surface area (Å²) in [6.07, 6.45) is 3.56. The van der Waals surface area contributed by atoms with Crippen LogP contribution in [0, 0.1) is 5.92 Å². The molecule has 5 heteroatoms. The topological polar surface area (TPSA) is 45.2 Å². The van der Waals surface area contributed by atoms with Gasteiger partial charge < -0.3 is 10.2 Å². The molecule has 0 aliphatic carbocycles. The predicted molar refractivity (Wildman–Crippen MR) is 100 cm³/mol. The summed E-state index contributed by atoms with van der Waals surface area (Å²) in [6.45, 7) is 6.02. The van der Waals surface area contributed by atoms with Crippen molar-refractivity contribution in [1.82, 2.24) is 9.88 Å². The molecule has 1 aromatic carbocycles. The molecule has 0 saturated carbocycles. The SMILES string of the molecule is C[C@H]1CCN(C(=O)c2cnc3c(c2)C[C@](C)(c2cccc(Cl)c2)N3)C1. The summed E-state index contributed by atoms with van der Waals surface area (Å²) in [5.74, 6) is 1.53. The van der Waals surface area contributed by atoms with E-state index in [2.05, 4.69) is 30.2 Å². The Morgan fingerprint density at radius 2 is 2.24 bits per heavy atom. The van der Waals surface area contributed by atoms with Crippen molar-refractivity contribution in [2.24, 2.45) is 5.92 Å². The van der Waals surface area contributed by atoms with Crippen LogP contribution in [0.1, 0.15) is 41.8 Å². The van der Waals surface area contributed by atoms with Gasteiger partial charge in [0, 0.05) is 30.7 Å². The van der Waals surface area contributed by atoms with Crippen molar-refractivity contribution in [3.63, 3.8) is 0 Å². The molecular weight excluding hydrogens is 334 g/mol. The lowest BCUT2D eigenvalue weighted by molar-refractivity contribution is 0.0787. The van der Waals surface area contributed by atoms with Crippen LogP contribution in [-0.4, -0.2) is 28.9 Å². The molecule has 4 rings (SSSR count). The summed E-state index contributed by atoms with van der Waals surface area (Å²) in [6, 6.07) is 9.89. The highest BCUT2D eigenvalue weighted by molar-refractivity contribution is 6.30. The fourth-order valence-electron chi connectivity index (χ4n) is 3.87. The van der Waals surface area contributed by atoms with Crippen molar-refractivity contribution in [1.29, 1.82) is 0 Å². The molecule has 3 heterocycles. The van der Waals surface area contributed by atoms with Crippen molar-refractivity contribution < 1.29 is 4.79 Å². The van der Waals surface area contributed by atoms with Gasteiger partial charge in [0.2, 0.25) is 0 Å². The van der Waals surface area contributed by atoms with Gasteiger partial charge in [-0.2, -0.15) is 0 Å². The van der Waals surface area contributed by atoms with E-state index in [0.717, 1.165) is 47.9 Å². The van der Waals surface area contributed by atoms with E-state index in [1.807, 2.05) is 29.2 Å². The summed E-state index contributed by atoms with van der Waals surface area (Å²) in [7, 11) is 0. The van der Waals surface area contributed by atoms with Crippen LogP contribution < -0.4 is 5.32 Å². The Labute approximate surface area is 153 Å². The van der Waals surface area contributed by atoms with E-state index in [0.29, 0.717) is 11.5 Å². The molecule has 4 nitrogen and oxygen atoms in total. The second-order valence-corrected chi connectivity index (χ2v) is 7.96. The number of hydrogen-bond acceptors (Lipinski definition) is 3. The van der Waals surface area contributed by atoms with Crippen LogP contribution in [0.4, 0.5) is 5.82 Å². The Morgan fingerprint density at radius 1 is 1.40 bits per heavy atom. The first-order chi connectivity index (χ1) is 11.9. The second kappa shape index (κ2) is 6.03. The van der Waals surface area contributed by atoms with Crippen LogP contribution >= 0.6 is 11.6 Å². The predicted octanol–water partition coefficient (Wildman–Crippen LogP) is 4.10. The molecule has 1 saturated heterocycles. The van der Waals surface area contributed by atoms with Crippen LogP contribution in [0.15, 0.2) is 36.5 Å². The highest BCUT2D eigenvalue weighted by Crippen LogP contribution is 2.39. The maximum Gasteiger partial charge on any atom is 0.255 e. The van der Waals surface area contributed by atoms with Gasteiger partial charge >= 0.3 is 0 Å². The molecule has 1 aromatic heterocycles. The van der Waals surface area contributed by atoms with Gasteiger partial charge in [-0.25, -0.2) is 4.98 Å². The Bertz CT molecular complexity index is 837. The quantitative estimate of drug-likeness (QED) is 0.882. The van der Waals surface area contributed by atoms with Crippen LogP contribution in [0.5, 0.6) is 0 Å². The largest absolute Gasteiger partial charge is 0.360 e. The molecule has 130 valence electrons. The molecule has 1 fully saturated rings. The monoisotopic (exact) mass is 355 g/mol. The van der Waals surface area contributed by atoms with Crippen LogP contribution in [0.3, 0.4) is 0 Å². The molecule has 0 radical (unpaired) electrons. The fraction of sp³-hybridized carbons (Fsp3) is 0.400. The van der Waals surface area contributed by atoms with Crippen molar-refractivity contribution in [2.45, 2.75) is 32.2 Å². The third-order valence-electron chi connectivity index (χ3n) is 5.32. The molecule has 2 aliphatic rings. The summed E-state index contributed by atoms with van der Waals surface area (Å²) >= 11 is 6.15. The maximum atomic E-state index is 12.7. The Kier molecular flexibility index (Phi) is 3.95. The van der Waals surface area contributed by atoms with Crippen LogP contribution in [-0.2, 0) is 12.0 Å². The van der Waals surface area contributed by atoms with Crippen LogP contribution in [0.25, 0.3) is 0 Å². The summed E-state index contributed by atoms with van der Waals surface area (Å²) in [5.41, 5.74) is 2.63. The third-order valence-corrected chi connectivity index (χ3v) is 5.56. The van der Waals surface area contributed by atoms with Crippen LogP contribution in [0.2, 0.25) is 5.02 Å². The third kappa shape index (κ3) is 2.99. The maximum absolute atomic E-state index is 12.7. The zero-order chi connectivity index (χ0) is 17.6. The number of halogens is 1. The van der Waals surface area contributed by atoms with E-state index < -0.39 is 0 Å². The van der Waals surface area contributed by atoms with E-state index >= 15 is 0 Å². The first kappa shape index (κ1) is 16.4. The molecular formula is C20H22ClN3O. The first-order valence-corrected chi connectivity index (χ1v) is 9.15. The molecule has 2 atom stereocenters. The summed E-state index contributed by atoms with van der Waals surface area (Å²) in [5, 5.41) is 4.23. The Morgan fingerprint density at radius 3 is 2.96 bits per heavy atom. The molecule has 2 aliphatic heterocycles.